The van der Waals surface area contributed by atoms with Crippen LogP contribution in [0.15, 0.2) is 79.3 Å². The predicted molar refractivity (Wildman–Crippen MR) is 140 cm³/mol. The monoisotopic (exact) mass is 533 g/mol. The van der Waals surface area contributed by atoms with Gasteiger partial charge in [-0.15, -0.1) is 0 Å². The summed E-state index contributed by atoms with van der Waals surface area (Å²) in [6.07, 6.45) is 9.14. The van der Waals surface area contributed by atoms with Crippen molar-refractivity contribution in [3.8, 4) is 17.2 Å². The Bertz CT molecular complexity index is 1420. The first-order valence-corrected chi connectivity index (χ1v) is 12.2. The summed E-state index contributed by atoms with van der Waals surface area (Å²) in [6.45, 7) is 0.294. The number of ether oxygens (including phenoxy) is 3. The first-order chi connectivity index (χ1) is 18.4. The molecule has 2 aliphatic rings. The Kier molecular flexibility index (Phi) is 7.04. The van der Waals surface area contributed by atoms with Crippen molar-refractivity contribution in [2.45, 2.75) is 18.2 Å². The second kappa shape index (κ2) is 10.6. The van der Waals surface area contributed by atoms with E-state index in [2.05, 4.69) is 15.6 Å². The maximum atomic E-state index is 13.0. The van der Waals surface area contributed by atoms with Crippen molar-refractivity contribution in [3.63, 3.8) is 0 Å². The molecule has 2 aromatic carbocycles. The first-order valence-electron chi connectivity index (χ1n) is 11.8. The normalized spacial score (nSPS) is 19.8. The van der Waals surface area contributed by atoms with Crippen molar-refractivity contribution < 1.29 is 28.9 Å². The summed E-state index contributed by atoms with van der Waals surface area (Å²) in [5.74, 6) is -2.00. The van der Waals surface area contributed by atoms with Crippen molar-refractivity contribution >= 4 is 29.1 Å². The third kappa shape index (κ3) is 5.20. The van der Waals surface area contributed by atoms with Gasteiger partial charge in [-0.25, -0.2) is 0 Å². The molecule has 3 heterocycles. The number of pyridine rings is 1. The second-order valence-corrected chi connectivity index (χ2v) is 9.10. The highest BCUT2D eigenvalue weighted by atomic mass is 35.5. The van der Waals surface area contributed by atoms with Crippen LogP contribution >= 0.6 is 11.6 Å². The molecule has 0 aliphatic carbocycles. The first kappa shape index (κ1) is 25.3. The molecule has 2 aliphatic heterocycles. The quantitative estimate of drug-likeness (QED) is 0.374. The number of benzene rings is 2. The molecule has 0 radical (unpaired) electrons. The zero-order valence-corrected chi connectivity index (χ0v) is 21.1. The Morgan fingerprint density at radius 1 is 1.24 bits per heavy atom. The Labute approximate surface area is 223 Å². The number of allylic oxidation sites excluding steroid dienone is 2. The maximum absolute atomic E-state index is 13.0. The fourth-order valence-electron chi connectivity index (χ4n) is 4.22. The Morgan fingerprint density at radius 3 is 2.71 bits per heavy atom. The van der Waals surface area contributed by atoms with Gasteiger partial charge in [0.1, 0.15) is 17.2 Å². The van der Waals surface area contributed by atoms with E-state index in [0.717, 1.165) is 11.1 Å². The number of hydrogen-bond donors (Lipinski definition) is 3. The summed E-state index contributed by atoms with van der Waals surface area (Å²) in [7, 11) is 1.49. The summed E-state index contributed by atoms with van der Waals surface area (Å²) in [6, 6.07) is 13.4. The van der Waals surface area contributed by atoms with E-state index in [0.29, 0.717) is 41.4 Å². The molecule has 0 saturated carbocycles. The zero-order valence-electron chi connectivity index (χ0n) is 20.3. The van der Waals surface area contributed by atoms with Crippen LogP contribution in [0.4, 0.5) is 0 Å². The summed E-state index contributed by atoms with van der Waals surface area (Å²) >= 11 is 6.38. The van der Waals surface area contributed by atoms with E-state index < -0.39 is 17.7 Å². The van der Waals surface area contributed by atoms with Crippen LogP contribution in [0.1, 0.15) is 33.8 Å². The number of methoxy groups -OCH3 is 1. The van der Waals surface area contributed by atoms with Crippen molar-refractivity contribution in [3.05, 3.63) is 101 Å². The van der Waals surface area contributed by atoms with Crippen LogP contribution in [-0.2, 0) is 9.53 Å². The van der Waals surface area contributed by atoms with Crippen LogP contribution < -0.4 is 20.1 Å². The van der Waals surface area contributed by atoms with Gasteiger partial charge in [-0.2, -0.15) is 0 Å². The van der Waals surface area contributed by atoms with Gasteiger partial charge in [0.05, 0.1) is 17.5 Å². The molecule has 2 atom stereocenters. The van der Waals surface area contributed by atoms with Crippen LogP contribution in [0.25, 0.3) is 5.57 Å². The molecule has 0 saturated heterocycles. The van der Waals surface area contributed by atoms with E-state index in [-0.39, 0.29) is 10.9 Å². The number of aromatic nitrogens is 1. The molecule has 3 aromatic rings. The summed E-state index contributed by atoms with van der Waals surface area (Å²) < 4.78 is 17.1. The lowest BCUT2D eigenvalue weighted by Gasteiger charge is -2.33. The average molecular weight is 534 g/mol. The van der Waals surface area contributed by atoms with Gasteiger partial charge in [-0.1, -0.05) is 23.7 Å². The molecule has 9 nitrogen and oxygen atoms in total. The van der Waals surface area contributed by atoms with Gasteiger partial charge < -0.3 is 30.0 Å². The van der Waals surface area contributed by atoms with E-state index in [1.807, 2.05) is 18.2 Å². The maximum Gasteiger partial charge on any atom is 0.311 e. The van der Waals surface area contributed by atoms with Crippen molar-refractivity contribution in [2.24, 2.45) is 0 Å². The topological polar surface area (TPSA) is 119 Å². The average Bonchev–Trinajstić information content (AvgIpc) is 2.94. The fraction of sp³-hybridized carbons (Fsp3) is 0.179. The number of nitrogens with one attached hydrogen (secondary N) is 2. The van der Waals surface area contributed by atoms with Gasteiger partial charge in [0, 0.05) is 48.5 Å². The third-order valence-electron chi connectivity index (χ3n) is 6.30. The number of aliphatic carboxylic acids is 1. The van der Waals surface area contributed by atoms with Gasteiger partial charge in [-0.05, 0) is 54.5 Å². The number of halogens is 1. The van der Waals surface area contributed by atoms with Crippen LogP contribution in [0.3, 0.4) is 0 Å². The van der Waals surface area contributed by atoms with E-state index in [1.54, 1.807) is 61.1 Å². The lowest BCUT2D eigenvalue weighted by atomic mass is 9.93. The number of carboxylic acids is 1. The number of carbonyl (C=O) groups excluding carboxylic acids is 1. The standard InChI is InChI=1S/C28H24ClN3O6/c1-36-28(10-8-19(16-31-28)18-3-2-11-30-15-18)32-26(33)17-4-6-20(7-5-17)38-25-14-24-22(13-23(25)29)21(27(34)35)9-12-37-24/h2-8,10-11,13-16,21,31H,9,12H2,1H3,(H,32,33)(H,34,35). The Hall–Kier alpha value is -4.34. The van der Waals surface area contributed by atoms with E-state index in [9.17, 15) is 14.7 Å². The minimum Gasteiger partial charge on any atom is -0.493 e. The number of dihydropyridines is 1. The van der Waals surface area contributed by atoms with Crippen molar-refractivity contribution in [2.75, 3.05) is 13.7 Å². The molecule has 1 amide bonds. The summed E-state index contributed by atoms with van der Waals surface area (Å²) in [5.41, 5.74) is 2.73. The molecule has 0 fully saturated rings. The minimum atomic E-state index is -1.22. The number of nitrogens with zero attached hydrogens (tertiary/aromatic N) is 1. The third-order valence-corrected chi connectivity index (χ3v) is 6.60. The molecule has 194 valence electrons. The number of rotatable bonds is 7. The second-order valence-electron chi connectivity index (χ2n) is 8.69. The highest BCUT2D eigenvalue weighted by Crippen LogP contribution is 2.41. The number of hydrogen-bond acceptors (Lipinski definition) is 7. The molecule has 10 heteroatoms. The number of amides is 1. The number of carboxylic acid groups (broad SMARTS) is 1. The minimum absolute atomic E-state index is 0.262. The molecule has 1 aromatic heterocycles. The zero-order chi connectivity index (χ0) is 26.7. The number of fused-ring (bicyclic) bond motifs is 1. The lowest BCUT2D eigenvalue weighted by molar-refractivity contribution is -0.139. The molecule has 0 bridgehead atoms. The van der Waals surface area contributed by atoms with Crippen LogP contribution in [0.2, 0.25) is 5.02 Å². The fourth-order valence-corrected chi connectivity index (χ4v) is 4.43. The highest BCUT2D eigenvalue weighted by molar-refractivity contribution is 6.32. The lowest BCUT2D eigenvalue weighted by Crippen LogP contribution is -2.58. The molecule has 0 spiro atoms. The highest BCUT2D eigenvalue weighted by Gasteiger charge is 2.31. The number of carbonyl (C=O) groups is 2. The van der Waals surface area contributed by atoms with Gasteiger partial charge in [-0.3, -0.25) is 14.6 Å². The smallest absolute Gasteiger partial charge is 0.311 e. The van der Waals surface area contributed by atoms with E-state index >= 15 is 0 Å². The SMILES string of the molecule is COC1(NC(=O)c2ccc(Oc3cc4c(cc3Cl)C(C(=O)O)CCO4)cc2)C=CC(c2cccnc2)=CN1. The molecule has 3 N–H and O–H groups in total. The molecular formula is C28H24ClN3O6. The van der Waals surface area contributed by atoms with Crippen molar-refractivity contribution in [1.29, 1.82) is 0 Å². The van der Waals surface area contributed by atoms with Crippen LogP contribution in [0.5, 0.6) is 17.2 Å². The summed E-state index contributed by atoms with van der Waals surface area (Å²) in [4.78, 5) is 28.6. The van der Waals surface area contributed by atoms with Gasteiger partial charge in [0.2, 0.25) is 5.85 Å². The van der Waals surface area contributed by atoms with Crippen LogP contribution in [0, 0.1) is 0 Å². The van der Waals surface area contributed by atoms with Crippen molar-refractivity contribution in [1.82, 2.24) is 15.6 Å². The van der Waals surface area contributed by atoms with Gasteiger partial charge >= 0.3 is 5.97 Å². The predicted octanol–water partition coefficient (Wildman–Crippen LogP) is 4.71. The Balaban J connectivity index is 1.26. The molecule has 5 rings (SSSR count). The molecular weight excluding hydrogens is 510 g/mol. The largest absolute Gasteiger partial charge is 0.493 e. The van der Waals surface area contributed by atoms with Crippen LogP contribution in [-0.4, -0.2) is 41.5 Å². The summed E-state index contributed by atoms with van der Waals surface area (Å²) in [5, 5.41) is 15.7. The molecule has 38 heavy (non-hydrogen) atoms. The van der Waals surface area contributed by atoms with Gasteiger partial charge in [0.15, 0.2) is 0 Å². The van der Waals surface area contributed by atoms with E-state index in [1.165, 1.54) is 7.11 Å². The van der Waals surface area contributed by atoms with E-state index in [4.69, 9.17) is 25.8 Å². The molecule has 2 unspecified atom stereocenters. The Morgan fingerprint density at radius 2 is 2.05 bits per heavy atom. The van der Waals surface area contributed by atoms with Gasteiger partial charge in [0.25, 0.3) is 5.91 Å².